The van der Waals surface area contributed by atoms with Crippen molar-refractivity contribution in [1.29, 1.82) is 0 Å². The highest BCUT2D eigenvalue weighted by Crippen LogP contribution is 2.35. The highest BCUT2D eigenvalue weighted by molar-refractivity contribution is 7.80. The summed E-state index contributed by atoms with van der Waals surface area (Å²) in [4.78, 5) is 17.1. The Balaban J connectivity index is 1.43. The van der Waals surface area contributed by atoms with Gasteiger partial charge in [-0.1, -0.05) is 35.3 Å². The van der Waals surface area contributed by atoms with Crippen LogP contribution in [0.2, 0.25) is 10.0 Å². The minimum absolute atomic E-state index is 0.142. The van der Waals surface area contributed by atoms with Crippen LogP contribution in [-0.2, 0) is 0 Å². The van der Waals surface area contributed by atoms with Crippen LogP contribution in [0.4, 0.5) is 5.69 Å². The van der Waals surface area contributed by atoms with Gasteiger partial charge in [-0.3, -0.25) is 10.1 Å². The van der Waals surface area contributed by atoms with E-state index >= 15 is 0 Å². The standard InChI is InChI=1S/C23H17Cl2N3O2S2/c1-2-30-19-10-7-13(11-17(19)25)21(29)28-23(31)26-14-8-9-15(16(24)12-14)22-27-18-5-3-4-6-20(18)32-22/h3-12H,2H2,1H3,(H2,26,28,29,31). The molecule has 32 heavy (non-hydrogen) atoms. The fourth-order valence-corrected chi connectivity index (χ4v) is 4.78. The summed E-state index contributed by atoms with van der Waals surface area (Å²) >= 11 is 19.5. The first-order chi connectivity index (χ1) is 15.4. The van der Waals surface area contributed by atoms with E-state index in [9.17, 15) is 4.79 Å². The van der Waals surface area contributed by atoms with Crippen LogP contribution in [0.5, 0.6) is 5.75 Å². The number of rotatable bonds is 5. The average Bonchev–Trinajstić information content (AvgIpc) is 3.19. The van der Waals surface area contributed by atoms with E-state index in [1.807, 2.05) is 43.3 Å². The van der Waals surface area contributed by atoms with Crippen molar-refractivity contribution in [2.24, 2.45) is 0 Å². The lowest BCUT2D eigenvalue weighted by atomic mass is 10.2. The van der Waals surface area contributed by atoms with Gasteiger partial charge in [0.25, 0.3) is 5.91 Å². The van der Waals surface area contributed by atoms with Crippen molar-refractivity contribution in [1.82, 2.24) is 10.3 Å². The number of benzene rings is 3. The number of para-hydroxylation sites is 1. The van der Waals surface area contributed by atoms with Gasteiger partial charge in [0.2, 0.25) is 0 Å². The molecule has 0 spiro atoms. The summed E-state index contributed by atoms with van der Waals surface area (Å²) in [5.74, 6) is 0.138. The zero-order valence-electron chi connectivity index (χ0n) is 16.8. The number of anilines is 1. The van der Waals surface area contributed by atoms with E-state index in [2.05, 4.69) is 15.6 Å². The highest BCUT2D eigenvalue weighted by atomic mass is 35.5. The Hall–Kier alpha value is -2.71. The molecule has 4 aromatic rings. The minimum atomic E-state index is -0.385. The largest absolute Gasteiger partial charge is 0.492 e. The van der Waals surface area contributed by atoms with E-state index in [-0.39, 0.29) is 11.0 Å². The van der Waals surface area contributed by atoms with Crippen LogP contribution in [0.1, 0.15) is 17.3 Å². The quantitative estimate of drug-likeness (QED) is 0.294. The van der Waals surface area contributed by atoms with Crippen molar-refractivity contribution in [3.8, 4) is 16.3 Å². The van der Waals surface area contributed by atoms with Crippen molar-refractivity contribution < 1.29 is 9.53 Å². The van der Waals surface area contributed by atoms with E-state index < -0.39 is 0 Å². The van der Waals surface area contributed by atoms with Crippen molar-refractivity contribution in [2.75, 3.05) is 11.9 Å². The van der Waals surface area contributed by atoms with Gasteiger partial charge in [-0.2, -0.15) is 0 Å². The van der Waals surface area contributed by atoms with Crippen LogP contribution in [0.3, 0.4) is 0 Å². The lowest BCUT2D eigenvalue weighted by Gasteiger charge is -2.12. The van der Waals surface area contributed by atoms with E-state index in [4.69, 9.17) is 40.2 Å². The molecule has 0 saturated heterocycles. The lowest BCUT2D eigenvalue weighted by molar-refractivity contribution is 0.0977. The summed E-state index contributed by atoms with van der Waals surface area (Å²) in [7, 11) is 0. The number of thiocarbonyl (C=S) groups is 1. The number of nitrogens with zero attached hydrogens (tertiary/aromatic N) is 1. The topological polar surface area (TPSA) is 63.2 Å². The van der Waals surface area contributed by atoms with Crippen LogP contribution in [0.15, 0.2) is 60.7 Å². The normalized spacial score (nSPS) is 10.7. The minimum Gasteiger partial charge on any atom is -0.492 e. The van der Waals surface area contributed by atoms with E-state index in [1.54, 1.807) is 29.5 Å². The van der Waals surface area contributed by atoms with Crippen molar-refractivity contribution in [2.45, 2.75) is 6.92 Å². The van der Waals surface area contributed by atoms with Crippen LogP contribution in [-0.4, -0.2) is 22.6 Å². The lowest BCUT2D eigenvalue weighted by Crippen LogP contribution is -2.34. The van der Waals surface area contributed by atoms with E-state index in [0.29, 0.717) is 33.7 Å². The Bertz CT molecular complexity index is 1290. The van der Waals surface area contributed by atoms with Crippen molar-refractivity contribution in [3.63, 3.8) is 0 Å². The summed E-state index contributed by atoms with van der Waals surface area (Å²) in [6.45, 7) is 2.35. The third-order valence-corrected chi connectivity index (χ3v) is 6.35. The zero-order chi connectivity index (χ0) is 22.7. The molecule has 5 nitrogen and oxygen atoms in total. The van der Waals surface area contributed by atoms with Crippen LogP contribution < -0.4 is 15.4 Å². The molecule has 0 fully saturated rings. The van der Waals surface area contributed by atoms with Crippen LogP contribution in [0, 0.1) is 0 Å². The number of hydrogen-bond donors (Lipinski definition) is 2. The van der Waals surface area contributed by atoms with Gasteiger partial charge in [-0.15, -0.1) is 11.3 Å². The number of amides is 1. The molecule has 0 aliphatic heterocycles. The summed E-state index contributed by atoms with van der Waals surface area (Å²) in [5.41, 5.74) is 2.78. The molecule has 2 N–H and O–H groups in total. The Labute approximate surface area is 204 Å². The molecular weight excluding hydrogens is 485 g/mol. The molecule has 0 aliphatic carbocycles. The molecule has 0 saturated carbocycles. The maximum Gasteiger partial charge on any atom is 0.257 e. The number of carbonyl (C=O) groups is 1. The zero-order valence-corrected chi connectivity index (χ0v) is 20.0. The van der Waals surface area contributed by atoms with Gasteiger partial charge in [0.05, 0.1) is 26.9 Å². The molecule has 0 unspecified atom stereocenters. The monoisotopic (exact) mass is 501 g/mol. The first-order valence-corrected chi connectivity index (χ1v) is 11.6. The maximum atomic E-state index is 12.5. The third kappa shape index (κ3) is 5.02. The summed E-state index contributed by atoms with van der Waals surface area (Å²) in [6, 6.07) is 18.2. The summed E-state index contributed by atoms with van der Waals surface area (Å²) in [6.07, 6.45) is 0. The predicted molar refractivity (Wildman–Crippen MR) is 136 cm³/mol. The number of aromatic nitrogens is 1. The maximum absolute atomic E-state index is 12.5. The number of halogens is 2. The Morgan fingerprint density at radius 3 is 2.62 bits per heavy atom. The Morgan fingerprint density at radius 1 is 1.09 bits per heavy atom. The van der Waals surface area contributed by atoms with Gasteiger partial charge in [0.15, 0.2) is 5.11 Å². The van der Waals surface area contributed by atoms with Gasteiger partial charge in [-0.05, 0) is 67.7 Å². The molecule has 3 aromatic carbocycles. The van der Waals surface area contributed by atoms with Crippen LogP contribution >= 0.6 is 46.8 Å². The van der Waals surface area contributed by atoms with Gasteiger partial charge in [0, 0.05) is 16.8 Å². The number of ether oxygens (including phenoxy) is 1. The summed E-state index contributed by atoms with van der Waals surface area (Å²) in [5, 5.41) is 7.48. The molecule has 0 bridgehead atoms. The van der Waals surface area contributed by atoms with Gasteiger partial charge >= 0.3 is 0 Å². The van der Waals surface area contributed by atoms with Gasteiger partial charge in [-0.25, -0.2) is 4.98 Å². The molecule has 4 rings (SSSR count). The molecule has 1 aromatic heterocycles. The fraction of sp³-hybridized carbons (Fsp3) is 0.0870. The number of hydrogen-bond acceptors (Lipinski definition) is 5. The SMILES string of the molecule is CCOc1ccc(C(=O)NC(=S)Nc2ccc(-c3nc4ccccc4s3)c(Cl)c2)cc1Cl. The second-order valence-corrected chi connectivity index (χ2v) is 8.92. The molecule has 1 heterocycles. The van der Waals surface area contributed by atoms with Gasteiger partial charge in [0.1, 0.15) is 10.8 Å². The number of carbonyl (C=O) groups excluding carboxylic acids is 1. The second-order valence-electron chi connectivity index (χ2n) is 6.67. The molecule has 0 radical (unpaired) electrons. The van der Waals surface area contributed by atoms with E-state index in [0.717, 1.165) is 20.8 Å². The number of thiazole rings is 1. The first-order valence-electron chi connectivity index (χ1n) is 9.64. The Kier molecular flexibility index (Phi) is 6.91. The van der Waals surface area contributed by atoms with Crippen molar-refractivity contribution in [3.05, 3.63) is 76.3 Å². The highest BCUT2D eigenvalue weighted by Gasteiger charge is 2.13. The molecular formula is C23H17Cl2N3O2S2. The third-order valence-electron chi connectivity index (χ3n) is 4.47. The fourth-order valence-electron chi connectivity index (χ4n) is 3.01. The molecule has 0 aliphatic rings. The molecule has 0 atom stereocenters. The number of nitrogens with one attached hydrogen (secondary N) is 2. The average molecular weight is 502 g/mol. The van der Waals surface area contributed by atoms with E-state index in [1.165, 1.54) is 6.07 Å². The molecule has 9 heteroatoms. The van der Waals surface area contributed by atoms with Crippen molar-refractivity contribution >= 4 is 73.7 Å². The predicted octanol–water partition coefficient (Wildman–Crippen LogP) is 6.80. The molecule has 162 valence electrons. The first kappa shape index (κ1) is 22.5. The number of fused-ring (bicyclic) bond motifs is 1. The Morgan fingerprint density at radius 2 is 1.91 bits per heavy atom. The molecule has 1 amide bonds. The summed E-state index contributed by atoms with van der Waals surface area (Å²) < 4.78 is 6.48. The smallest absolute Gasteiger partial charge is 0.257 e. The second kappa shape index (κ2) is 9.83. The van der Waals surface area contributed by atoms with Crippen LogP contribution in [0.25, 0.3) is 20.8 Å². The van der Waals surface area contributed by atoms with Gasteiger partial charge < -0.3 is 10.1 Å².